The van der Waals surface area contributed by atoms with E-state index >= 15 is 0 Å². The maximum absolute atomic E-state index is 11.0. The van der Waals surface area contributed by atoms with Crippen molar-refractivity contribution in [2.75, 3.05) is 34.3 Å². The van der Waals surface area contributed by atoms with E-state index in [0.29, 0.717) is 18.2 Å². The van der Waals surface area contributed by atoms with Crippen LogP contribution in [0.5, 0.6) is 0 Å². The topological polar surface area (TPSA) is 41.6 Å². The van der Waals surface area contributed by atoms with E-state index in [4.69, 9.17) is 0 Å². The van der Waals surface area contributed by atoms with Crippen molar-refractivity contribution >= 4 is 5.97 Å². The molecule has 0 aliphatic rings. The largest absolute Gasteiger partial charge is 0.466 e. The molecule has 0 aliphatic carbocycles. The number of nitrogens with one attached hydrogen (secondary N) is 1. The standard InChI is InChI=1S/C11H22N2O2/c1-9(11(14)15-5)6-7-12-8-10(2)13(3)4/h6,10,12H,7-8H2,1-5H3. The first-order chi connectivity index (χ1) is 6.99. The first kappa shape index (κ1) is 14.1. The molecule has 15 heavy (non-hydrogen) atoms. The van der Waals surface area contributed by atoms with Crippen molar-refractivity contribution in [1.29, 1.82) is 0 Å². The van der Waals surface area contributed by atoms with Crippen LogP contribution >= 0.6 is 0 Å². The fraction of sp³-hybridized carbons (Fsp3) is 0.727. The zero-order chi connectivity index (χ0) is 11.8. The number of rotatable bonds is 6. The van der Waals surface area contributed by atoms with Gasteiger partial charge in [-0.1, -0.05) is 6.08 Å². The third-order valence-electron chi connectivity index (χ3n) is 2.38. The molecule has 4 nitrogen and oxygen atoms in total. The Morgan fingerprint density at radius 2 is 2.13 bits per heavy atom. The Bertz CT molecular complexity index is 225. The molecule has 0 bridgehead atoms. The van der Waals surface area contributed by atoms with Gasteiger partial charge in [-0.3, -0.25) is 0 Å². The molecule has 0 aromatic rings. The minimum Gasteiger partial charge on any atom is -0.466 e. The van der Waals surface area contributed by atoms with Crippen molar-refractivity contribution in [2.24, 2.45) is 0 Å². The Labute approximate surface area is 92.3 Å². The van der Waals surface area contributed by atoms with Crippen molar-refractivity contribution in [2.45, 2.75) is 19.9 Å². The monoisotopic (exact) mass is 214 g/mol. The minimum absolute atomic E-state index is 0.266. The molecule has 0 saturated carbocycles. The normalized spacial score (nSPS) is 14.1. The lowest BCUT2D eigenvalue weighted by atomic mass is 10.2. The molecule has 0 aromatic carbocycles. The molecular weight excluding hydrogens is 192 g/mol. The molecule has 0 aliphatic heterocycles. The highest BCUT2D eigenvalue weighted by molar-refractivity contribution is 5.87. The molecule has 4 heteroatoms. The van der Waals surface area contributed by atoms with Crippen LogP contribution in [0.2, 0.25) is 0 Å². The molecule has 1 atom stereocenters. The predicted molar refractivity (Wildman–Crippen MR) is 61.8 cm³/mol. The summed E-state index contributed by atoms with van der Waals surface area (Å²) in [6, 6.07) is 0.483. The second-order valence-corrected chi connectivity index (χ2v) is 3.85. The molecule has 0 rings (SSSR count). The number of carbonyl (C=O) groups excluding carboxylic acids is 1. The van der Waals surface area contributed by atoms with Gasteiger partial charge in [0.25, 0.3) is 0 Å². The first-order valence-corrected chi connectivity index (χ1v) is 5.11. The molecule has 1 unspecified atom stereocenters. The van der Waals surface area contributed by atoms with Crippen molar-refractivity contribution < 1.29 is 9.53 Å². The average molecular weight is 214 g/mol. The van der Waals surface area contributed by atoms with E-state index in [0.717, 1.165) is 6.54 Å². The summed E-state index contributed by atoms with van der Waals surface area (Å²) < 4.78 is 4.59. The second-order valence-electron chi connectivity index (χ2n) is 3.85. The number of likely N-dealkylation sites (N-methyl/N-ethyl adjacent to an activating group) is 1. The lowest BCUT2D eigenvalue weighted by molar-refractivity contribution is -0.136. The number of carbonyl (C=O) groups is 1. The smallest absolute Gasteiger partial charge is 0.333 e. The first-order valence-electron chi connectivity index (χ1n) is 5.11. The number of ether oxygens (including phenoxy) is 1. The lowest BCUT2D eigenvalue weighted by Crippen LogP contribution is -2.35. The highest BCUT2D eigenvalue weighted by Crippen LogP contribution is 1.94. The van der Waals surface area contributed by atoms with Crippen molar-refractivity contribution in [3.63, 3.8) is 0 Å². The van der Waals surface area contributed by atoms with Crippen LogP contribution in [0.1, 0.15) is 13.8 Å². The zero-order valence-electron chi connectivity index (χ0n) is 10.3. The van der Waals surface area contributed by atoms with Gasteiger partial charge in [-0.25, -0.2) is 4.79 Å². The quantitative estimate of drug-likeness (QED) is 0.400. The number of nitrogens with zero attached hydrogens (tertiary/aromatic N) is 1. The Kier molecular flexibility index (Phi) is 6.99. The highest BCUT2D eigenvalue weighted by Gasteiger charge is 2.03. The van der Waals surface area contributed by atoms with Gasteiger partial charge in [-0.05, 0) is 27.9 Å². The van der Waals surface area contributed by atoms with Crippen LogP contribution < -0.4 is 5.32 Å². The lowest BCUT2D eigenvalue weighted by Gasteiger charge is -2.19. The fourth-order valence-corrected chi connectivity index (χ4v) is 0.944. The van der Waals surface area contributed by atoms with E-state index in [-0.39, 0.29) is 5.97 Å². The summed E-state index contributed by atoms with van der Waals surface area (Å²) >= 11 is 0. The van der Waals surface area contributed by atoms with E-state index in [1.165, 1.54) is 7.11 Å². The Balaban J connectivity index is 3.74. The molecule has 0 aromatic heterocycles. The van der Waals surface area contributed by atoms with Gasteiger partial charge in [0.1, 0.15) is 0 Å². The number of hydrogen-bond donors (Lipinski definition) is 1. The van der Waals surface area contributed by atoms with Crippen LogP contribution in [0.4, 0.5) is 0 Å². The van der Waals surface area contributed by atoms with Crippen LogP contribution in [0, 0.1) is 0 Å². The van der Waals surface area contributed by atoms with Crippen molar-refractivity contribution in [1.82, 2.24) is 10.2 Å². The molecular formula is C11H22N2O2. The maximum atomic E-state index is 11.0. The summed E-state index contributed by atoms with van der Waals surface area (Å²) in [6.45, 7) is 5.49. The molecule has 88 valence electrons. The summed E-state index contributed by atoms with van der Waals surface area (Å²) in [5.74, 6) is -0.266. The molecule has 0 heterocycles. The molecule has 0 saturated heterocycles. The summed E-state index contributed by atoms with van der Waals surface area (Å²) in [7, 11) is 5.48. The minimum atomic E-state index is -0.266. The van der Waals surface area contributed by atoms with Crippen LogP contribution in [0.15, 0.2) is 11.6 Å². The molecule has 1 N–H and O–H groups in total. The van der Waals surface area contributed by atoms with Crippen LogP contribution in [-0.2, 0) is 9.53 Å². The number of esters is 1. The molecule has 0 amide bonds. The third kappa shape index (κ3) is 6.25. The van der Waals surface area contributed by atoms with Crippen LogP contribution in [0.3, 0.4) is 0 Å². The Hall–Kier alpha value is -0.870. The summed E-state index contributed by atoms with van der Waals surface area (Å²) in [4.78, 5) is 13.2. The SMILES string of the molecule is COC(=O)C(C)=CCNCC(C)N(C)C. The molecule has 0 fully saturated rings. The summed E-state index contributed by atoms with van der Waals surface area (Å²) in [5.41, 5.74) is 0.641. The van der Waals surface area contributed by atoms with Gasteiger partial charge < -0.3 is 15.0 Å². The van der Waals surface area contributed by atoms with Crippen LogP contribution in [-0.4, -0.2) is 51.2 Å². The van der Waals surface area contributed by atoms with Crippen molar-refractivity contribution in [3.05, 3.63) is 11.6 Å². The second kappa shape index (κ2) is 7.43. The Morgan fingerprint density at radius 3 is 2.60 bits per heavy atom. The molecule has 0 spiro atoms. The summed E-state index contributed by atoms with van der Waals surface area (Å²) in [5, 5.41) is 3.25. The van der Waals surface area contributed by atoms with E-state index in [1.54, 1.807) is 6.92 Å². The van der Waals surface area contributed by atoms with Gasteiger partial charge in [0.2, 0.25) is 0 Å². The number of hydrogen-bond acceptors (Lipinski definition) is 4. The molecule has 0 radical (unpaired) electrons. The number of methoxy groups -OCH3 is 1. The van der Waals surface area contributed by atoms with Gasteiger partial charge in [0.15, 0.2) is 0 Å². The van der Waals surface area contributed by atoms with Crippen LogP contribution in [0.25, 0.3) is 0 Å². The van der Waals surface area contributed by atoms with Gasteiger partial charge in [-0.15, -0.1) is 0 Å². The maximum Gasteiger partial charge on any atom is 0.333 e. The average Bonchev–Trinajstić information content (AvgIpc) is 2.22. The summed E-state index contributed by atoms with van der Waals surface area (Å²) in [6.07, 6.45) is 1.84. The van der Waals surface area contributed by atoms with Crippen molar-refractivity contribution in [3.8, 4) is 0 Å². The predicted octanol–water partition coefficient (Wildman–Crippen LogP) is 0.645. The third-order valence-corrected chi connectivity index (χ3v) is 2.38. The fourth-order valence-electron chi connectivity index (χ4n) is 0.944. The van der Waals surface area contributed by atoms with Gasteiger partial charge in [-0.2, -0.15) is 0 Å². The van der Waals surface area contributed by atoms with Gasteiger partial charge in [0, 0.05) is 24.7 Å². The van der Waals surface area contributed by atoms with E-state index in [1.807, 2.05) is 20.2 Å². The van der Waals surface area contributed by atoms with E-state index < -0.39 is 0 Å². The van der Waals surface area contributed by atoms with Gasteiger partial charge in [0.05, 0.1) is 7.11 Å². The highest BCUT2D eigenvalue weighted by atomic mass is 16.5. The van der Waals surface area contributed by atoms with E-state index in [9.17, 15) is 4.79 Å². The van der Waals surface area contributed by atoms with E-state index in [2.05, 4.69) is 21.9 Å². The Morgan fingerprint density at radius 1 is 1.53 bits per heavy atom. The van der Waals surface area contributed by atoms with Gasteiger partial charge >= 0.3 is 5.97 Å². The zero-order valence-corrected chi connectivity index (χ0v) is 10.3.